The molecule has 0 spiro atoms. The van der Waals surface area contributed by atoms with Crippen LogP contribution in [0.15, 0.2) is 48.9 Å². The lowest BCUT2D eigenvalue weighted by atomic mass is 9.92. The van der Waals surface area contributed by atoms with Gasteiger partial charge in [0.2, 0.25) is 0 Å². The number of hydrogen-bond acceptors (Lipinski definition) is 7. The van der Waals surface area contributed by atoms with Crippen LogP contribution in [-0.4, -0.2) is 34.3 Å². The Morgan fingerprint density at radius 1 is 1.17 bits per heavy atom. The molecule has 0 aliphatic carbocycles. The highest BCUT2D eigenvalue weighted by Crippen LogP contribution is 2.38. The van der Waals surface area contributed by atoms with Gasteiger partial charge in [0.1, 0.15) is 35.1 Å². The number of hydrogen-bond donors (Lipinski definition) is 2. The number of nitrogens with two attached hydrogens (primary N) is 1. The van der Waals surface area contributed by atoms with E-state index in [0.717, 1.165) is 24.0 Å². The molecule has 3 N–H and O–H groups in total. The van der Waals surface area contributed by atoms with Crippen LogP contribution in [-0.2, 0) is 4.74 Å². The Balaban J connectivity index is 1.70. The molecule has 156 valence electrons. The van der Waals surface area contributed by atoms with Crippen molar-refractivity contribution in [1.29, 1.82) is 0 Å². The largest absolute Gasteiger partial charge is 0.490 e. The summed E-state index contributed by atoms with van der Waals surface area (Å²) in [5, 5.41) is 3.12. The minimum absolute atomic E-state index is 0.0316. The number of rotatable bonds is 6. The first kappa shape index (κ1) is 20.0. The van der Waals surface area contributed by atoms with Crippen LogP contribution in [0.4, 0.5) is 21.8 Å². The lowest BCUT2D eigenvalue weighted by Crippen LogP contribution is -2.26. The molecule has 1 atom stereocenters. The van der Waals surface area contributed by atoms with Gasteiger partial charge in [0, 0.05) is 42.8 Å². The van der Waals surface area contributed by atoms with Gasteiger partial charge in [-0.05, 0) is 17.7 Å². The number of nitrogens with one attached hydrogen (secondary N) is 1. The molecule has 1 aliphatic heterocycles. The number of nitrogens with zero attached hydrogens (tertiary/aromatic N) is 3. The number of nitrogen functional groups attached to an aromatic ring is 1. The van der Waals surface area contributed by atoms with E-state index in [1.54, 1.807) is 30.7 Å². The van der Waals surface area contributed by atoms with Gasteiger partial charge in [-0.2, -0.15) is 0 Å². The van der Waals surface area contributed by atoms with Gasteiger partial charge in [0.15, 0.2) is 0 Å². The summed E-state index contributed by atoms with van der Waals surface area (Å²) < 4.78 is 25.2. The number of ether oxygens (including phenoxy) is 2. The fraction of sp³-hybridized carbons (Fsp3) is 0.318. The molecule has 4 rings (SSSR count). The highest BCUT2D eigenvalue weighted by Gasteiger charge is 2.23. The maximum atomic E-state index is 13.4. The van der Waals surface area contributed by atoms with Crippen LogP contribution in [0.5, 0.6) is 5.75 Å². The van der Waals surface area contributed by atoms with E-state index in [1.165, 1.54) is 12.1 Å². The Labute approximate surface area is 174 Å². The number of anilines is 3. The first-order valence-corrected chi connectivity index (χ1v) is 9.93. The van der Waals surface area contributed by atoms with Crippen LogP contribution < -0.4 is 15.8 Å². The highest BCUT2D eigenvalue weighted by molar-refractivity contribution is 5.63. The van der Waals surface area contributed by atoms with Crippen molar-refractivity contribution in [3.63, 3.8) is 0 Å². The molecule has 3 aromatic rings. The Kier molecular flexibility index (Phi) is 6.04. The standard InChI is InChI=1S/C22H24FN5O2/c1-14(15-2-4-16(23)5-3-15)21-18(30-17-6-10-29-11-7-17)12-19(28-22(21)24)27-20-13-25-8-9-26-20/h2-5,8-9,12-14,17H,6-7,10-11H2,1H3,(H3,24,26,27,28). The number of pyridine rings is 1. The minimum Gasteiger partial charge on any atom is -0.490 e. The average Bonchev–Trinajstić information content (AvgIpc) is 2.75. The molecule has 1 aromatic carbocycles. The predicted molar refractivity (Wildman–Crippen MR) is 112 cm³/mol. The third-order valence-corrected chi connectivity index (χ3v) is 5.13. The Bertz CT molecular complexity index is 979. The highest BCUT2D eigenvalue weighted by atomic mass is 19.1. The molecule has 1 unspecified atom stereocenters. The van der Waals surface area contributed by atoms with Gasteiger partial charge in [-0.15, -0.1) is 0 Å². The zero-order chi connectivity index (χ0) is 20.9. The molecule has 0 radical (unpaired) electrons. The second-order valence-corrected chi connectivity index (χ2v) is 7.22. The molecule has 1 aliphatic rings. The van der Waals surface area contributed by atoms with Gasteiger partial charge in [-0.3, -0.25) is 4.98 Å². The maximum absolute atomic E-state index is 13.4. The molecule has 1 saturated heterocycles. The first-order chi connectivity index (χ1) is 14.6. The van der Waals surface area contributed by atoms with Gasteiger partial charge in [0.25, 0.3) is 0 Å². The van der Waals surface area contributed by atoms with Crippen LogP contribution in [0.25, 0.3) is 0 Å². The van der Waals surface area contributed by atoms with E-state index in [9.17, 15) is 4.39 Å². The topological polar surface area (TPSA) is 95.2 Å². The molecule has 0 bridgehead atoms. The van der Waals surface area contributed by atoms with Gasteiger partial charge in [0.05, 0.1) is 19.4 Å². The fourth-order valence-corrected chi connectivity index (χ4v) is 3.53. The van der Waals surface area contributed by atoms with Crippen LogP contribution in [0.3, 0.4) is 0 Å². The summed E-state index contributed by atoms with van der Waals surface area (Å²) in [5.41, 5.74) is 8.09. The summed E-state index contributed by atoms with van der Waals surface area (Å²) in [6.45, 7) is 3.34. The predicted octanol–water partition coefficient (Wildman–Crippen LogP) is 4.05. The van der Waals surface area contributed by atoms with Crippen LogP contribution in [0.1, 0.15) is 36.8 Å². The molecule has 2 aromatic heterocycles. The van der Waals surface area contributed by atoms with Gasteiger partial charge in [-0.1, -0.05) is 19.1 Å². The van der Waals surface area contributed by atoms with Crippen molar-refractivity contribution in [3.8, 4) is 5.75 Å². The van der Waals surface area contributed by atoms with E-state index >= 15 is 0 Å². The number of aromatic nitrogens is 3. The molecular weight excluding hydrogens is 385 g/mol. The van der Waals surface area contributed by atoms with E-state index in [-0.39, 0.29) is 17.8 Å². The van der Waals surface area contributed by atoms with Crippen molar-refractivity contribution >= 4 is 17.5 Å². The van der Waals surface area contributed by atoms with Crippen molar-refractivity contribution in [2.75, 3.05) is 24.3 Å². The smallest absolute Gasteiger partial charge is 0.150 e. The lowest BCUT2D eigenvalue weighted by Gasteiger charge is -2.27. The van der Waals surface area contributed by atoms with Gasteiger partial charge >= 0.3 is 0 Å². The summed E-state index contributed by atoms with van der Waals surface area (Å²) in [6, 6.07) is 8.22. The van der Waals surface area contributed by atoms with Crippen molar-refractivity contribution in [1.82, 2.24) is 15.0 Å². The van der Waals surface area contributed by atoms with E-state index in [0.29, 0.717) is 36.4 Å². The van der Waals surface area contributed by atoms with Crippen LogP contribution >= 0.6 is 0 Å². The summed E-state index contributed by atoms with van der Waals surface area (Å²) >= 11 is 0. The summed E-state index contributed by atoms with van der Waals surface area (Å²) in [7, 11) is 0. The van der Waals surface area contributed by atoms with Crippen LogP contribution in [0, 0.1) is 5.82 Å². The summed E-state index contributed by atoms with van der Waals surface area (Å²) in [6.07, 6.45) is 6.44. The Hall–Kier alpha value is -3.26. The normalized spacial score (nSPS) is 15.5. The van der Waals surface area contributed by atoms with Crippen LogP contribution in [0.2, 0.25) is 0 Å². The first-order valence-electron chi connectivity index (χ1n) is 9.93. The minimum atomic E-state index is -0.278. The molecule has 0 amide bonds. The molecule has 1 fully saturated rings. The zero-order valence-electron chi connectivity index (χ0n) is 16.7. The van der Waals surface area contributed by atoms with E-state index in [1.807, 2.05) is 13.0 Å². The number of benzene rings is 1. The molecule has 0 saturated carbocycles. The molecule has 30 heavy (non-hydrogen) atoms. The Morgan fingerprint density at radius 2 is 1.93 bits per heavy atom. The van der Waals surface area contributed by atoms with E-state index < -0.39 is 0 Å². The van der Waals surface area contributed by atoms with Crippen molar-refractivity contribution in [2.24, 2.45) is 0 Å². The molecular formula is C22H24FN5O2. The molecule has 3 heterocycles. The fourth-order valence-electron chi connectivity index (χ4n) is 3.53. The quantitative estimate of drug-likeness (QED) is 0.634. The van der Waals surface area contributed by atoms with E-state index in [2.05, 4.69) is 20.3 Å². The monoisotopic (exact) mass is 409 g/mol. The average molecular weight is 409 g/mol. The van der Waals surface area contributed by atoms with E-state index in [4.69, 9.17) is 15.2 Å². The molecule has 8 heteroatoms. The third-order valence-electron chi connectivity index (χ3n) is 5.13. The van der Waals surface area contributed by atoms with Crippen molar-refractivity contribution in [2.45, 2.75) is 31.8 Å². The lowest BCUT2D eigenvalue weighted by molar-refractivity contribution is 0.0252. The van der Waals surface area contributed by atoms with Gasteiger partial charge < -0.3 is 20.5 Å². The SMILES string of the molecule is CC(c1ccc(F)cc1)c1c(OC2CCOCC2)cc(Nc2cnccn2)nc1N. The van der Waals surface area contributed by atoms with Crippen molar-refractivity contribution in [3.05, 3.63) is 65.9 Å². The van der Waals surface area contributed by atoms with Crippen molar-refractivity contribution < 1.29 is 13.9 Å². The second-order valence-electron chi connectivity index (χ2n) is 7.22. The summed E-state index contributed by atoms with van der Waals surface area (Å²) in [5.74, 6) is 1.67. The molecule has 7 nitrogen and oxygen atoms in total. The number of halogens is 1. The third kappa shape index (κ3) is 4.65. The maximum Gasteiger partial charge on any atom is 0.150 e. The second kappa shape index (κ2) is 9.04. The zero-order valence-corrected chi connectivity index (χ0v) is 16.7. The Morgan fingerprint density at radius 3 is 2.63 bits per heavy atom. The summed E-state index contributed by atoms with van der Waals surface area (Å²) in [4.78, 5) is 12.8. The van der Waals surface area contributed by atoms with Gasteiger partial charge in [-0.25, -0.2) is 14.4 Å².